The summed E-state index contributed by atoms with van der Waals surface area (Å²) in [6, 6.07) is 41.4. The topological polar surface area (TPSA) is 9.86 Å². The van der Waals surface area contributed by atoms with Gasteiger partial charge in [-0.3, -0.25) is 0 Å². The van der Waals surface area contributed by atoms with Crippen LogP contribution >= 0.6 is 0 Å². The van der Waals surface area contributed by atoms with E-state index in [1.165, 1.54) is 60.4 Å². The molecule has 0 N–H and O–H groups in total. The van der Waals surface area contributed by atoms with Crippen LogP contribution in [-0.2, 0) is 7.05 Å². The molecule has 0 unspecified atom stereocenters. The number of aryl methyl sites for hydroxylation is 1. The molecule has 0 aliphatic heterocycles. The van der Waals surface area contributed by atoms with Crippen LogP contribution in [-0.4, -0.2) is 9.13 Å². The molecule has 7 aromatic rings. The highest BCUT2D eigenvalue weighted by atomic mass is 15.0. The largest absolute Gasteiger partial charge is 0.343 e. The third-order valence-corrected chi connectivity index (χ3v) is 6.90. The lowest BCUT2D eigenvalue weighted by Gasteiger charge is -2.12. The Morgan fingerprint density at radius 3 is 1.88 bits per heavy atom. The summed E-state index contributed by atoms with van der Waals surface area (Å²) in [5.74, 6) is 0. The van der Waals surface area contributed by atoms with E-state index in [1.807, 2.05) is 0 Å². The first kappa shape index (κ1) is 18.3. The van der Waals surface area contributed by atoms with Crippen LogP contribution in [0.2, 0.25) is 0 Å². The van der Waals surface area contributed by atoms with Gasteiger partial charge in [0.25, 0.3) is 0 Å². The minimum absolute atomic E-state index is 1.19. The van der Waals surface area contributed by atoms with Gasteiger partial charge in [0.1, 0.15) is 0 Å². The molecule has 0 saturated heterocycles. The minimum Gasteiger partial charge on any atom is -0.343 e. The molecule has 0 radical (unpaired) electrons. The average molecular weight is 423 g/mol. The van der Waals surface area contributed by atoms with E-state index in [2.05, 4.69) is 131 Å². The molecular formula is C31H22N2. The Hall–Kier alpha value is -4.30. The lowest BCUT2D eigenvalue weighted by molar-refractivity contribution is 1.02. The molecule has 7 rings (SSSR count). The standard InChI is InChI=1S/C31H22N2/c1-32-27-18-10-9-17-24(27)29-30(32)25(21-12-4-2-5-13-21)20-26-23-16-8-11-19-28(23)33(31(26)29)22-14-6-3-7-15-22/h2-20H,1H3. The van der Waals surface area contributed by atoms with Gasteiger partial charge >= 0.3 is 0 Å². The van der Waals surface area contributed by atoms with E-state index in [0.29, 0.717) is 0 Å². The maximum atomic E-state index is 2.44. The molecule has 0 amide bonds. The molecule has 0 aliphatic rings. The second kappa shape index (κ2) is 6.85. The molecule has 156 valence electrons. The zero-order valence-electron chi connectivity index (χ0n) is 18.4. The second-order valence-electron chi connectivity index (χ2n) is 8.67. The van der Waals surface area contributed by atoms with Crippen molar-refractivity contribution in [3.63, 3.8) is 0 Å². The highest BCUT2D eigenvalue weighted by Crippen LogP contribution is 2.44. The van der Waals surface area contributed by atoms with Gasteiger partial charge in [-0.15, -0.1) is 0 Å². The first-order chi connectivity index (χ1) is 16.3. The zero-order chi connectivity index (χ0) is 21.9. The molecule has 0 fully saturated rings. The average Bonchev–Trinajstić information content (AvgIpc) is 3.37. The summed E-state index contributed by atoms with van der Waals surface area (Å²) in [4.78, 5) is 0. The predicted octanol–water partition coefficient (Wildman–Crippen LogP) is 8.10. The Bertz CT molecular complexity index is 1800. The van der Waals surface area contributed by atoms with Crippen LogP contribution in [0.5, 0.6) is 0 Å². The van der Waals surface area contributed by atoms with Crippen LogP contribution in [0, 0.1) is 0 Å². The van der Waals surface area contributed by atoms with E-state index in [9.17, 15) is 0 Å². The molecule has 0 aliphatic carbocycles. The van der Waals surface area contributed by atoms with Gasteiger partial charge in [-0.1, -0.05) is 84.9 Å². The summed E-state index contributed by atoms with van der Waals surface area (Å²) >= 11 is 0. The summed E-state index contributed by atoms with van der Waals surface area (Å²) in [6.45, 7) is 0. The third-order valence-electron chi connectivity index (χ3n) is 6.90. The fourth-order valence-corrected chi connectivity index (χ4v) is 5.50. The second-order valence-corrected chi connectivity index (χ2v) is 8.67. The third kappa shape index (κ3) is 2.49. The van der Waals surface area contributed by atoms with Crippen molar-refractivity contribution < 1.29 is 0 Å². The number of hydrogen-bond donors (Lipinski definition) is 0. The molecule has 2 heterocycles. The molecule has 0 spiro atoms. The number of hydrogen-bond acceptors (Lipinski definition) is 0. The minimum atomic E-state index is 1.19. The Kier molecular flexibility index (Phi) is 3.80. The maximum Gasteiger partial charge on any atom is 0.0641 e. The Balaban J connectivity index is 1.82. The molecule has 33 heavy (non-hydrogen) atoms. The number of fused-ring (bicyclic) bond motifs is 7. The van der Waals surface area contributed by atoms with Crippen LogP contribution in [0.1, 0.15) is 0 Å². The van der Waals surface area contributed by atoms with Crippen molar-refractivity contribution in [2.75, 3.05) is 0 Å². The van der Waals surface area contributed by atoms with E-state index >= 15 is 0 Å². The van der Waals surface area contributed by atoms with E-state index in [4.69, 9.17) is 0 Å². The molecule has 0 bridgehead atoms. The van der Waals surface area contributed by atoms with Crippen molar-refractivity contribution in [2.45, 2.75) is 0 Å². The normalized spacial score (nSPS) is 11.8. The van der Waals surface area contributed by atoms with Crippen LogP contribution in [0.15, 0.2) is 115 Å². The predicted molar refractivity (Wildman–Crippen MR) is 140 cm³/mol. The molecule has 5 aromatic carbocycles. The molecule has 0 saturated carbocycles. The molecule has 2 heteroatoms. The van der Waals surface area contributed by atoms with Crippen LogP contribution in [0.25, 0.3) is 60.4 Å². The first-order valence-electron chi connectivity index (χ1n) is 11.4. The van der Waals surface area contributed by atoms with Crippen LogP contribution in [0.4, 0.5) is 0 Å². The van der Waals surface area contributed by atoms with E-state index in [0.717, 1.165) is 0 Å². The summed E-state index contributed by atoms with van der Waals surface area (Å²) < 4.78 is 4.80. The zero-order valence-corrected chi connectivity index (χ0v) is 18.4. The monoisotopic (exact) mass is 422 g/mol. The lowest BCUT2D eigenvalue weighted by Crippen LogP contribution is -1.95. The van der Waals surface area contributed by atoms with Crippen molar-refractivity contribution in [1.82, 2.24) is 9.13 Å². The lowest BCUT2D eigenvalue weighted by atomic mass is 9.98. The number of rotatable bonds is 2. The van der Waals surface area contributed by atoms with Gasteiger partial charge in [-0.2, -0.15) is 0 Å². The fourth-order valence-electron chi connectivity index (χ4n) is 5.50. The molecular weight excluding hydrogens is 400 g/mol. The van der Waals surface area contributed by atoms with E-state index < -0.39 is 0 Å². The van der Waals surface area contributed by atoms with Gasteiger partial charge in [-0.25, -0.2) is 0 Å². The van der Waals surface area contributed by atoms with Gasteiger partial charge in [0.15, 0.2) is 0 Å². The van der Waals surface area contributed by atoms with Crippen molar-refractivity contribution >= 4 is 43.6 Å². The summed E-state index contributed by atoms with van der Waals surface area (Å²) in [6.07, 6.45) is 0. The van der Waals surface area contributed by atoms with Gasteiger partial charge < -0.3 is 9.13 Å². The SMILES string of the molecule is Cn1c2ccccc2c2c1c(-c1ccccc1)cc1c3ccccc3n(-c3ccccc3)c12. The molecule has 0 atom stereocenters. The van der Waals surface area contributed by atoms with Gasteiger partial charge in [0.2, 0.25) is 0 Å². The van der Waals surface area contributed by atoms with E-state index in [-0.39, 0.29) is 0 Å². The number of nitrogens with zero attached hydrogens (tertiary/aromatic N) is 2. The van der Waals surface area contributed by atoms with Crippen LogP contribution < -0.4 is 0 Å². The van der Waals surface area contributed by atoms with Gasteiger partial charge in [0.05, 0.1) is 16.6 Å². The molecule has 2 nitrogen and oxygen atoms in total. The smallest absolute Gasteiger partial charge is 0.0641 e. The van der Waals surface area contributed by atoms with Crippen molar-refractivity contribution in [2.24, 2.45) is 7.05 Å². The maximum absolute atomic E-state index is 2.44. The summed E-state index contributed by atoms with van der Waals surface area (Å²) in [5.41, 5.74) is 8.73. The highest BCUT2D eigenvalue weighted by Gasteiger charge is 2.22. The molecule has 2 aromatic heterocycles. The van der Waals surface area contributed by atoms with E-state index in [1.54, 1.807) is 0 Å². The Labute approximate surface area is 191 Å². The number of aromatic nitrogens is 2. The van der Waals surface area contributed by atoms with Crippen molar-refractivity contribution in [3.8, 4) is 16.8 Å². The van der Waals surface area contributed by atoms with Gasteiger partial charge in [-0.05, 0) is 35.9 Å². The Morgan fingerprint density at radius 2 is 1.12 bits per heavy atom. The highest BCUT2D eigenvalue weighted by molar-refractivity contribution is 6.28. The first-order valence-corrected chi connectivity index (χ1v) is 11.4. The quantitative estimate of drug-likeness (QED) is 0.266. The number of para-hydroxylation sites is 3. The van der Waals surface area contributed by atoms with Gasteiger partial charge in [0, 0.05) is 45.4 Å². The van der Waals surface area contributed by atoms with Crippen LogP contribution in [0.3, 0.4) is 0 Å². The fraction of sp³-hybridized carbons (Fsp3) is 0.0323. The number of benzene rings is 5. The van der Waals surface area contributed by atoms with Crippen molar-refractivity contribution in [1.29, 1.82) is 0 Å². The summed E-state index contributed by atoms with van der Waals surface area (Å²) in [5, 5.41) is 5.17. The Morgan fingerprint density at radius 1 is 0.515 bits per heavy atom. The summed E-state index contributed by atoms with van der Waals surface area (Å²) in [7, 11) is 2.19. The van der Waals surface area contributed by atoms with Crippen molar-refractivity contribution in [3.05, 3.63) is 115 Å².